The molecular weight excluding hydrogens is 437 g/mol. The smallest absolute Gasteiger partial charge is 0.267 e. The number of ether oxygens (including phenoxy) is 1. The molecule has 0 bridgehead atoms. The van der Waals surface area contributed by atoms with Gasteiger partial charge in [-0.15, -0.1) is 11.8 Å². The van der Waals surface area contributed by atoms with E-state index in [2.05, 4.69) is 18.2 Å². The first kappa shape index (κ1) is 19.8. The van der Waals surface area contributed by atoms with Crippen LogP contribution in [0.2, 0.25) is 0 Å². The molecule has 30 heavy (non-hydrogen) atoms. The number of methoxy groups -OCH3 is 1. The quantitative estimate of drug-likeness (QED) is 0.340. The fourth-order valence-corrected chi connectivity index (χ4v) is 6.54. The van der Waals surface area contributed by atoms with Gasteiger partial charge in [-0.3, -0.25) is 9.69 Å². The standard InChI is InChI=1S/C24H19Cl2NO2S/c1-29-18-13-11-17(12-14-18)23-15-21(16-7-3-2-4-8-16)30-20-10-6-5-9-19(20)27(23)22(28)24(23,25)26/h2-14,21H,15H2,1H3. The number of fused-ring (bicyclic) bond motifs is 3. The van der Waals surface area contributed by atoms with E-state index in [1.165, 1.54) is 5.56 Å². The molecule has 152 valence electrons. The summed E-state index contributed by atoms with van der Waals surface area (Å²) >= 11 is 15.4. The molecule has 0 aliphatic carbocycles. The Balaban J connectivity index is 1.74. The zero-order valence-electron chi connectivity index (χ0n) is 16.2. The highest BCUT2D eigenvalue weighted by Gasteiger charge is 2.72. The van der Waals surface area contributed by atoms with Crippen LogP contribution in [0.15, 0.2) is 83.8 Å². The summed E-state index contributed by atoms with van der Waals surface area (Å²) in [6.07, 6.45) is 0.585. The molecule has 3 nitrogen and oxygen atoms in total. The number of thioether (sulfide) groups is 1. The lowest BCUT2D eigenvalue weighted by Gasteiger charge is -2.59. The summed E-state index contributed by atoms with van der Waals surface area (Å²) in [6, 6.07) is 25.9. The number of halogens is 2. The van der Waals surface area contributed by atoms with Gasteiger partial charge in [0.1, 0.15) is 11.3 Å². The van der Waals surface area contributed by atoms with Crippen molar-refractivity contribution in [3.05, 3.63) is 90.0 Å². The summed E-state index contributed by atoms with van der Waals surface area (Å²) < 4.78 is 3.77. The van der Waals surface area contributed by atoms with Crippen LogP contribution >= 0.6 is 35.0 Å². The number of para-hydroxylation sites is 1. The van der Waals surface area contributed by atoms with Crippen molar-refractivity contribution in [2.24, 2.45) is 0 Å². The SMILES string of the molecule is COc1ccc(C23CC(c4ccccc4)Sc4ccccc4N2C(=O)C3(Cl)Cl)cc1. The number of β-lactam (4-membered cyclic amide) rings is 1. The molecule has 1 saturated heterocycles. The van der Waals surface area contributed by atoms with Crippen LogP contribution in [0.5, 0.6) is 5.75 Å². The molecule has 2 unspecified atom stereocenters. The van der Waals surface area contributed by atoms with E-state index < -0.39 is 9.87 Å². The van der Waals surface area contributed by atoms with Crippen molar-refractivity contribution < 1.29 is 9.53 Å². The largest absolute Gasteiger partial charge is 0.497 e. The minimum absolute atomic E-state index is 0.0735. The lowest BCUT2D eigenvalue weighted by Crippen LogP contribution is -2.76. The summed E-state index contributed by atoms with van der Waals surface area (Å²) in [4.78, 5) is 16.0. The third kappa shape index (κ3) is 2.71. The van der Waals surface area contributed by atoms with Crippen molar-refractivity contribution in [2.75, 3.05) is 12.0 Å². The molecule has 0 aromatic heterocycles. The molecule has 2 atom stereocenters. The van der Waals surface area contributed by atoms with Crippen LogP contribution in [0.3, 0.4) is 0 Å². The first-order valence-corrected chi connectivity index (χ1v) is 11.3. The van der Waals surface area contributed by atoms with Crippen LogP contribution in [0, 0.1) is 0 Å². The van der Waals surface area contributed by atoms with Gasteiger partial charge in [0.15, 0.2) is 0 Å². The van der Waals surface area contributed by atoms with E-state index in [9.17, 15) is 4.79 Å². The molecule has 2 aliphatic rings. The number of benzene rings is 3. The average Bonchev–Trinajstić information content (AvgIpc) is 2.93. The highest BCUT2D eigenvalue weighted by molar-refractivity contribution is 7.99. The van der Waals surface area contributed by atoms with Gasteiger partial charge in [-0.25, -0.2) is 0 Å². The van der Waals surface area contributed by atoms with Crippen molar-refractivity contribution in [3.63, 3.8) is 0 Å². The highest BCUT2D eigenvalue weighted by Crippen LogP contribution is 2.65. The summed E-state index contributed by atoms with van der Waals surface area (Å²) in [5.74, 6) is 0.452. The van der Waals surface area contributed by atoms with E-state index in [-0.39, 0.29) is 11.2 Å². The highest BCUT2D eigenvalue weighted by atomic mass is 35.5. The van der Waals surface area contributed by atoms with Gasteiger partial charge < -0.3 is 4.74 Å². The zero-order valence-corrected chi connectivity index (χ0v) is 18.5. The summed E-state index contributed by atoms with van der Waals surface area (Å²) in [6.45, 7) is 0. The van der Waals surface area contributed by atoms with E-state index in [0.717, 1.165) is 21.9 Å². The first-order valence-electron chi connectivity index (χ1n) is 9.66. The second-order valence-corrected chi connectivity index (χ2v) is 10.1. The van der Waals surface area contributed by atoms with Crippen molar-refractivity contribution in [1.82, 2.24) is 0 Å². The maximum Gasteiger partial charge on any atom is 0.267 e. The number of carbonyl (C=O) groups excluding carboxylic acids is 1. The van der Waals surface area contributed by atoms with E-state index in [0.29, 0.717) is 6.42 Å². The van der Waals surface area contributed by atoms with Gasteiger partial charge in [0.25, 0.3) is 5.91 Å². The molecule has 0 radical (unpaired) electrons. The van der Waals surface area contributed by atoms with Crippen LogP contribution in [0.25, 0.3) is 0 Å². The molecule has 2 aliphatic heterocycles. The van der Waals surface area contributed by atoms with Gasteiger partial charge in [-0.05, 0) is 41.8 Å². The van der Waals surface area contributed by atoms with Crippen LogP contribution in [0.1, 0.15) is 22.8 Å². The number of hydrogen-bond donors (Lipinski definition) is 0. The third-order valence-corrected chi connectivity index (χ3v) is 8.24. The molecule has 6 heteroatoms. The molecule has 0 N–H and O–H groups in total. The number of hydrogen-bond acceptors (Lipinski definition) is 3. The monoisotopic (exact) mass is 455 g/mol. The Morgan fingerprint density at radius 2 is 1.63 bits per heavy atom. The van der Waals surface area contributed by atoms with Crippen molar-refractivity contribution >= 4 is 46.6 Å². The number of alkyl halides is 2. The number of anilines is 1. The van der Waals surface area contributed by atoms with Crippen LogP contribution < -0.4 is 9.64 Å². The predicted molar refractivity (Wildman–Crippen MR) is 123 cm³/mol. The zero-order chi connectivity index (χ0) is 20.9. The van der Waals surface area contributed by atoms with Gasteiger partial charge in [0.2, 0.25) is 4.33 Å². The average molecular weight is 456 g/mol. The molecule has 1 amide bonds. The fourth-order valence-electron chi connectivity index (χ4n) is 4.47. The molecule has 3 aromatic carbocycles. The lowest BCUT2D eigenvalue weighted by molar-refractivity contribution is -0.129. The fraction of sp³-hybridized carbons (Fsp3) is 0.208. The Labute approximate surface area is 189 Å². The van der Waals surface area contributed by atoms with E-state index in [4.69, 9.17) is 27.9 Å². The molecule has 0 saturated carbocycles. The van der Waals surface area contributed by atoms with Crippen LogP contribution in [-0.2, 0) is 10.3 Å². The molecular formula is C24H19Cl2NO2S. The first-order chi connectivity index (χ1) is 14.5. The summed E-state index contributed by atoms with van der Waals surface area (Å²) in [5.41, 5.74) is 2.03. The summed E-state index contributed by atoms with van der Waals surface area (Å²) in [7, 11) is 1.63. The molecule has 3 aromatic rings. The number of carbonyl (C=O) groups is 1. The molecule has 5 rings (SSSR count). The Hall–Kier alpha value is -2.14. The van der Waals surface area contributed by atoms with Gasteiger partial charge in [0, 0.05) is 10.1 Å². The van der Waals surface area contributed by atoms with E-state index >= 15 is 0 Å². The maximum atomic E-state index is 13.2. The predicted octanol–water partition coefficient (Wildman–Crippen LogP) is 6.35. The lowest BCUT2D eigenvalue weighted by atomic mass is 9.72. The van der Waals surface area contributed by atoms with Crippen molar-refractivity contribution in [2.45, 2.75) is 26.4 Å². The van der Waals surface area contributed by atoms with Crippen LogP contribution in [0.4, 0.5) is 5.69 Å². The maximum absolute atomic E-state index is 13.2. The van der Waals surface area contributed by atoms with Crippen molar-refractivity contribution in [1.29, 1.82) is 0 Å². The third-order valence-electron chi connectivity index (χ3n) is 5.97. The van der Waals surface area contributed by atoms with Gasteiger partial charge in [-0.1, -0.05) is 77.8 Å². The Morgan fingerprint density at radius 3 is 2.33 bits per heavy atom. The normalized spacial score (nSPS) is 24.3. The molecule has 1 fully saturated rings. The van der Waals surface area contributed by atoms with Gasteiger partial charge in [-0.2, -0.15) is 0 Å². The minimum Gasteiger partial charge on any atom is -0.497 e. The minimum atomic E-state index is -1.56. The number of rotatable bonds is 3. The summed E-state index contributed by atoms with van der Waals surface area (Å²) in [5, 5.41) is 0.0735. The molecule has 0 spiro atoms. The van der Waals surface area contributed by atoms with Gasteiger partial charge >= 0.3 is 0 Å². The van der Waals surface area contributed by atoms with Gasteiger partial charge in [0.05, 0.1) is 12.8 Å². The Morgan fingerprint density at radius 1 is 0.967 bits per heavy atom. The van der Waals surface area contributed by atoms with E-state index in [1.807, 2.05) is 60.7 Å². The second kappa shape index (κ2) is 7.23. The van der Waals surface area contributed by atoms with E-state index in [1.54, 1.807) is 23.8 Å². The Bertz CT molecular complexity index is 1100. The topological polar surface area (TPSA) is 29.5 Å². The second-order valence-electron chi connectivity index (χ2n) is 7.49. The Kier molecular flexibility index (Phi) is 4.77. The van der Waals surface area contributed by atoms with Crippen LogP contribution in [-0.4, -0.2) is 17.4 Å². The molecule has 2 heterocycles. The number of amides is 1. The number of nitrogens with zero attached hydrogens (tertiary/aromatic N) is 1. The van der Waals surface area contributed by atoms with Crippen molar-refractivity contribution in [3.8, 4) is 5.75 Å².